The molecule has 0 amide bonds. The Morgan fingerprint density at radius 1 is 1.07 bits per heavy atom. The fraction of sp³-hybridized carbons (Fsp3) is 0.300. The molecule has 1 unspecified atom stereocenters. The minimum atomic E-state index is -4.51. The van der Waals surface area contributed by atoms with E-state index in [0.29, 0.717) is 17.3 Å². The lowest BCUT2D eigenvalue weighted by molar-refractivity contribution is -0.138. The van der Waals surface area contributed by atoms with Gasteiger partial charge in [-0.15, -0.1) is 0 Å². The molecule has 0 aliphatic heterocycles. The Kier molecular flexibility index (Phi) is 5.93. The van der Waals surface area contributed by atoms with Crippen molar-refractivity contribution in [3.05, 3.63) is 71.3 Å². The van der Waals surface area contributed by atoms with Crippen LogP contribution in [0.15, 0.2) is 55.1 Å². The highest BCUT2D eigenvalue weighted by Crippen LogP contribution is 2.40. The lowest BCUT2D eigenvalue weighted by Crippen LogP contribution is -2.20. The first kappa shape index (κ1) is 20.2. The van der Waals surface area contributed by atoms with E-state index < -0.39 is 11.7 Å². The van der Waals surface area contributed by atoms with Gasteiger partial charge in [0.15, 0.2) is 0 Å². The van der Waals surface area contributed by atoms with Crippen molar-refractivity contribution in [3.8, 4) is 11.5 Å². The van der Waals surface area contributed by atoms with Crippen molar-refractivity contribution < 1.29 is 17.9 Å². The molecule has 148 valence electrons. The molecule has 4 nitrogen and oxygen atoms in total. The van der Waals surface area contributed by atoms with E-state index in [9.17, 15) is 13.2 Å². The molecule has 0 N–H and O–H groups in total. The third kappa shape index (κ3) is 4.84. The van der Waals surface area contributed by atoms with E-state index in [1.54, 1.807) is 35.0 Å². The van der Waals surface area contributed by atoms with Crippen LogP contribution in [0.2, 0.25) is 5.02 Å². The molecular formula is C20H19ClF3N3O. The fourth-order valence-corrected chi connectivity index (χ4v) is 3.13. The van der Waals surface area contributed by atoms with Gasteiger partial charge in [0.25, 0.3) is 0 Å². The van der Waals surface area contributed by atoms with Crippen LogP contribution < -0.4 is 4.74 Å². The number of benzene rings is 2. The molecule has 3 rings (SSSR count). The number of hydrogen-bond acceptors (Lipinski definition) is 3. The van der Waals surface area contributed by atoms with Crippen molar-refractivity contribution in [1.82, 2.24) is 14.8 Å². The average molecular weight is 410 g/mol. The van der Waals surface area contributed by atoms with Gasteiger partial charge in [0.05, 0.1) is 5.56 Å². The van der Waals surface area contributed by atoms with E-state index in [1.165, 1.54) is 18.7 Å². The monoisotopic (exact) mass is 409 g/mol. The minimum absolute atomic E-state index is 0.0340. The first-order chi connectivity index (χ1) is 13.2. The lowest BCUT2D eigenvalue weighted by Gasteiger charge is -2.25. The maximum Gasteiger partial charge on any atom is 0.416 e. The first-order valence-corrected chi connectivity index (χ1v) is 9.09. The largest absolute Gasteiger partial charge is 0.457 e. The van der Waals surface area contributed by atoms with Crippen LogP contribution in [0, 0.1) is 5.92 Å². The van der Waals surface area contributed by atoms with Gasteiger partial charge in [-0.1, -0.05) is 31.5 Å². The number of halogens is 4. The highest BCUT2D eigenvalue weighted by atomic mass is 35.5. The Morgan fingerprint density at radius 2 is 1.75 bits per heavy atom. The predicted molar refractivity (Wildman–Crippen MR) is 101 cm³/mol. The Labute approximate surface area is 165 Å². The standard InChI is InChI=1S/C20H19ClF3N3O/c1-13(2)18(10-27-12-25-11-26-27)17-8-7-16(9-19(17)20(22,23)24)28-15-5-3-14(21)4-6-15/h3-9,11-13,18H,10H2,1-2H3. The summed E-state index contributed by atoms with van der Waals surface area (Å²) in [5, 5.41) is 4.55. The second kappa shape index (κ2) is 8.22. The normalized spacial score (nSPS) is 13.0. The number of aromatic nitrogens is 3. The van der Waals surface area contributed by atoms with Gasteiger partial charge in [-0.2, -0.15) is 18.3 Å². The smallest absolute Gasteiger partial charge is 0.416 e. The fourth-order valence-electron chi connectivity index (χ4n) is 3.00. The average Bonchev–Trinajstić information content (AvgIpc) is 3.14. The molecule has 0 radical (unpaired) electrons. The zero-order valence-corrected chi connectivity index (χ0v) is 16.1. The number of ether oxygens (including phenoxy) is 1. The summed E-state index contributed by atoms with van der Waals surface area (Å²) in [7, 11) is 0. The summed E-state index contributed by atoms with van der Waals surface area (Å²) < 4.78 is 48.6. The molecule has 3 aromatic rings. The molecule has 0 aliphatic rings. The van der Waals surface area contributed by atoms with Gasteiger partial charge in [0.1, 0.15) is 24.2 Å². The van der Waals surface area contributed by atoms with Gasteiger partial charge in [0.2, 0.25) is 0 Å². The van der Waals surface area contributed by atoms with Gasteiger partial charge in [-0.3, -0.25) is 4.68 Å². The maximum atomic E-state index is 13.8. The molecule has 0 bridgehead atoms. The van der Waals surface area contributed by atoms with Crippen LogP contribution in [0.4, 0.5) is 13.2 Å². The van der Waals surface area contributed by atoms with E-state index in [1.807, 2.05) is 13.8 Å². The number of rotatable bonds is 6. The maximum absolute atomic E-state index is 13.8. The summed E-state index contributed by atoms with van der Waals surface area (Å²) in [6, 6.07) is 10.5. The predicted octanol–water partition coefficient (Wildman–Crippen LogP) is 6.18. The number of hydrogen-bond donors (Lipinski definition) is 0. The summed E-state index contributed by atoms with van der Waals surface area (Å²) in [6.07, 6.45) is -1.64. The minimum Gasteiger partial charge on any atom is -0.457 e. The Bertz CT molecular complexity index is 909. The summed E-state index contributed by atoms with van der Waals surface area (Å²) in [5.41, 5.74) is -0.501. The molecule has 28 heavy (non-hydrogen) atoms. The Balaban J connectivity index is 1.96. The van der Waals surface area contributed by atoms with Crippen LogP contribution in [-0.2, 0) is 12.7 Å². The summed E-state index contributed by atoms with van der Waals surface area (Å²) in [4.78, 5) is 3.87. The highest BCUT2D eigenvalue weighted by molar-refractivity contribution is 6.30. The van der Waals surface area contributed by atoms with Gasteiger partial charge >= 0.3 is 6.18 Å². The Morgan fingerprint density at radius 3 is 2.32 bits per heavy atom. The number of nitrogens with zero attached hydrogens (tertiary/aromatic N) is 3. The topological polar surface area (TPSA) is 39.9 Å². The van der Waals surface area contributed by atoms with Gasteiger partial charge in [0, 0.05) is 17.5 Å². The summed E-state index contributed by atoms with van der Waals surface area (Å²) >= 11 is 5.83. The quantitative estimate of drug-likeness (QED) is 0.488. The van der Waals surface area contributed by atoms with Crippen molar-refractivity contribution in [2.75, 3.05) is 0 Å². The second-order valence-electron chi connectivity index (χ2n) is 6.77. The van der Waals surface area contributed by atoms with Crippen LogP contribution in [-0.4, -0.2) is 14.8 Å². The molecule has 0 spiro atoms. The molecule has 8 heteroatoms. The molecule has 1 aromatic heterocycles. The van der Waals surface area contributed by atoms with E-state index >= 15 is 0 Å². The molecule has 0 saturated carbocycles. The highest BCUT2D eigenvalue weighted by Gasteiger charge is 2.36. The number of alkyl halides is 3. The third-order valence-corrected chi connectivity index (χ3v) is 4.69. The SMILES string of the molecule is CC(C)C(Cn1cncn1)c1ccc(Oc2ccc(Cl)cc2)cc1C(F)(F)F. The molecule has 0 aliphatic carbocycles. The van der Waals surface area contributed by atoms with E-state index in [-0.39, 0.29) is 23.1 Å². The van der Waals surface area contributed by atoms with Crippen LogP contribution >= 0.6 is 11.6 Å². The van der Waals surface area contributed by atoms with Crippen molar-refractivity contribution in [2.24, 2.45) is 5.92 Å². The van der Waals surface area contributed by atoms with E-state index in [4.69, 9.17) is 16.3 Å². The zero-order valence-electron chi connectivity index (χ0n) is 15.3. The third-order valence-electron chi connectivity index (χ3n) is 4.43. The second-order valence-corrected chi connectivity index (χ2v) is 7.21. The zero-order chi connectivity index (χ0) is 20.3. The van der Waals surface area contributed by atoms with Crippen LogP contribution in [0.3, 0.4) is 0 Å². The first-order valence-electron chi connectivity index (χ1n) is 8.71. The Hall–Kier alpha value is -2.54. The van der Waals surface area contributed by atoms with E-state index in [0.717, 1.165) is 6.07 Å². The molecule has 0 saturated heterocycles. The van der Waals surface area contributed by atoms with E-state index in [2.05, 4.69) is 10.1 Å². The molecule has 0 fully saturated rings. The van der Waals surface area contributed by atoms with Crippen molar-refractivity contribution in [1.29, 1.82) is 0 Å². The molecule has 2 aromatic carbocycles. The molecule has 1 heterocycles. The summed E-state index contributed by atoms with van der Waals surface area (Å²) in [5.74, 6) is 0.103. The van der Waals surface area contributed by atoms with Crippen molar-refractivity contribution in [3.63, 3.8) is 0 Å². The molecular weight excluding hydrogens is 391 g/mol. The summed E-state index contributed by atoms with van der Waals surface area (Å²) in [6.45, 7) is 4.08. The van der Waals surface area contributed by atoms with Gasteiger partial charge in [-0.05, 0) is 47.9 Å². The lowest BCUT2D eigenvalue weighted by atomic mass is 9.85. The van der Waals surface area contributed by atoms with Gasteiger partial charge < -0.3 is 4.74 Å². The molecule has 1 atom stereocenters. The van der Waals surface area contributed by atoms with Gasteiger partial charge in [-0.25, -0.2) is 4.98 Å². The van der Waals surface area contributed by atoms with Crippen LogP contribution in [0.1, 0.15) is 30.9 Å². The van der Waals surface area contributed by atoms with Crippen molar-refractivity contribution in [2.45, 2.75) is 32.5 Å². The van der Waals surface area contributed by atoms with Crippen molar-refractivity contribution >= 4 is 11.6 Å². The van der Waals surface area contributed by atoms with Crippen LogP contribution in [0.25, 0.3) is 0 Å². The van der Waals surface area contributed by atoms with Crippen LogP contribution in [0.5, 0.6) is 11.5 Å².